The first kappa shape index (κ1) is 22.1. The fourth-order valence-corrected chi connectivity index (χ4v) is 6.19. The highest BCUT2D eigenvalue weighted by atomic mass is 35.5. The summed E-state index contributed by atoms with van der Waals surface area (Å²) < 4.78 is 19.1. The Bertz CT molecular complexity index is 845. The van der Waals surface area contributed by atoms with E-state index in [4.69, 9.17) is 22.1 Å². The maximum Gasteiger partial charge on any atom is 0.253 e. The zero-order chi connectivity index (χ0) is 21.1. The van der Waals surface area contributed by atoms with Crippen LogP contribution in [0.15, 0.2) is 24.3 Å². The van der Waals surface area contributed by atoms with Gasteiger partial charge in [-0.25, -0.2) is 4.39 Å². The van der Waals surface area contributed by atoms with Crippen LogP contribution in [0.4, 0.5) is 4.39 Å². The lowest BCUT2D eigenvalue weighted by Gasteiger charge is -2.37. The summed E-state index contributed by atoms with van der Waals surface area (Å²) in [4.78, 5) is 15.1. The number of nitrogens with zero attached hydrogens (tertiary/aromatic N) is 1. The maximum absolute atomic E-state index is 13.3. The smallest absolute Gasteiger partial charge is 0.253 e. The summed E-state index contributed by atoms with van der Waals surface area (Å²) in [7, 11) is 5.67. The Balaban J connectivity index is 1.69. The van der Waals surface area contributed by atoms with Gasteiger partial charge in [-0.3, -0.25) is 4.79 Å². The lowest BCUT2D eigenvalue weighted by molar-refractivity contribution is 0.0996. The molecular formula is C22H28ClFN2O2S. The number of carbonyl (C=O) groups excluding carboxylic acids is 1. The molecule has 0 bridgehead atoms. The minimum atomic E-state index is -0.488. The second-order valence-corrected chi connectivity index (χ2v) is 9.72. The van der Waals surface area contributed by atoms with E-state index < -0.39 is 5.91 Å². The van der Waals surface area contributed by atoms with Crippen molar-refractivity contribution in [1.29, 1.82) is 0 Å². The quantitative estimate of drug-likeness (QED) is 0.638. The minimum absolute atomic E-state index is 0.203. The molecule has 1 heterocycles. The van der Waals surface area contributed by atoms with Crippen molar-refractivity contribution in [2.45, 2.75) is 38.1 Å². The highest BCUT2D eigenvalue weighted by Crippen LogP contribution is 2.44. The molecule has 1 aliphatic rings. The van der Waals surface area contributed by atoms with E-state index in [0.717, 1.165) is 42.5 Å². The molecule has 1 aliphatic carbocycles. The summed E-state index contributed by atoms with van der Waals surface area (Å²) >= 11 is 7.64. The lowest BCUT2D eigenvalue weighted by Crippen LogP contribution is -2.30. The van der Waals surface area contributed by atoms with Crippen LogP contribution in [0.25, 0.3) is 0 Å². The fraction of sp³-hybridized carbons (Fsp3) is 0.500. The molecular weight excluding hydrogens is 411 g/mol. The van der Waals surface area contributed by atoms with Crippen LogP contribution in [0.2, 0.25) is 4.34 Å². The molecule has 0 saturated heterocycles. The molecule has 158 valence electrons. The highest BCUT2D eigenvalue weighted by molar-refractivity contribution is 7.17. The molecule has 1 atom stereocenters. The average molecular weight is 439 g/mol. The summed E-state index contributed by atoms with van der Waals surface area (Å²) in [6, 6.07) is 7.14. The Morgan fingerprint density at radius 3 is 2.41 bits per heavy atom. The molecule has 2 aromatic rings. The molecule has 0 aliphatic heterocycles. The van der Waals surface area contributed by atoms with Gasteiger partial charge < -0.3 is 15.4 Å². The van der Waals surface area contributed by atoms with E-state index >= 15 is 0 Å². The Kier molecular flexibility index (Phi) is 7.19. The Morgan fingerprint density at radius 1 is 1.28 bits per heavy atom. The monoisotopic (exact) mass is 438 g/mol. The molecule has 1 saturated carbocycles. The summed E-state index contributed by atoms with van der Waals surface area (Å²) in [5.41, 5.74) is 7.17. The van der Waals surface area contributed by atoms with E-state index in [1.165, 1.54) is 30.6 Å². The maximum atomic E-state index is 13.3. The molecule has 1 unspecified atom stereocenters. The van der Waals surface area contributed by atoms with E-state index in [0.29, 0.717) is 27.5 Å². The average Bonchev–Trinajstić information content (AvgIpc) is 2.99. The van der Waals surface area contributed by atoms with Crippen LogP contribution in [-0.2, 0) is 6.42 Å². The third kappa shape index (κ3) is 4.93. The molecule has 4 nitrogen and oxygen atoms in total. The van der Waals surface area contributed by atoms with E-state index in [2.05, 4.69) is 19.0 Å². The first-order chi connectivity index (χ1) is 13.8. The summed E-state index contributed by atoms with van der Waals surface area (Å²) in [6.45, 7) is 0. The van der Waals surface area contributed by atoms with Crippen LogP contribution < -0.4 is 10.5 Å². The molecule has 0 spiro atoms. The van der Waals surface area contributed by atoms with Gasteiger partial charge in [0.15, 0.2) is 5.75 Å². The van der Waals surface area contributed by atoms with Crippen molar-refractivity contribution >= 4 is 28.8 Å². The lowest BCUT2D eigenvalue weighted by atomic mass is 9.75. The van der Waals surface area contributed by atoms with Crippen molar-refractivity contribution in [3.05, 3.63) is 50.4 Å². The van der Waals surface area contributed by atoms with E-state index in [-0.39, 0.29) is 11.9 Å². The zero-order valence-electron chi connectivity index (χ0n) is 17.1. The molecule has 3 rings (SSSR count). The number of amides is 1. The van der Waals surface area contributed by atoms with Gasteiger partial charge in [0.05, 0.1) is 12.7 Å². The second kappa shape index (κ2) is 9.45. The van der Waals surface area contributed by atoms with Crippen molar-refractivity contribution in [2.75, 3.05) is 21.2 Å². The molecule has 7 heteroatoms. The van der Waals surface area contributed by atoms with Crippen molar-refractivity contribution in [2.24, 2.45) is 17.6 Å². The van der Waals surface area contributed by atoms with Gasteiger partial charge >= 0.3 is 0 Å². The largest absolute Gasteiger partial charge is 0.493 e. The van der Waals surface area contributed by atoms with Crippen LogP contribution >= 0.6 is 22.9 Å². The van der Waals surface area contributed by atoms with E-state index in [9.17, 15) is 9.18 Å². The molecule has 1 aromatic heterocycles. The van der Waals surface area contributed by atoms with Gasteiger partial charge in [0, 0.05) is 10.9 Å². The van der Waals surface area contributed by atoms with Gasteiger partial charge in [0.1, 0.15) is 10.2 Å². The summed E-state index contributed by atoms with van der Waals surface area (Å²) in [6.07, 6.45) is 5.13. The molecule has 1 fully saturated rings. The number of halogens is 2. The molecule has 2 N–H and O–H groups in total. The van der Waals surface area contributed by atoms with Crippen molar-refractivity contribution in [3.8, 4) is 5.75 Å². The fourth-order valence-electron chi connectivity index (χ4n) is 4.63. The number of ether oxygens (including phenoxy) is 1. The highest BCUT2D eigenvalue weighted by Gasteiger charge is 2.31. The normalized spacial score (nSPS) is 20.6. The molecule has 1 amide bonds. The van der Waals surface area contributed by atoms with Crippen molar-refractivity contribution in [1.82, 2.24) is 4.90 Å². The number of methoxy groups -OCH3 is 1. The predicted molar refractivity (Wildman–Crippen MR) is 116 cm³/mol. The van der Waals surface area contributed by atoms with Crippen LogP contribution in [0.1, 0.15) is 52.5 Å². The topological polar surface area (TPSA) is 55.6 Å². The summed E-state index contributed by atoms with van der Waals surface area (Å²) in [5.74, 6) is 0.711. The van der Waals surface area contributed by atoms with Gasteiger partial charge in [0.2, 0.25) is 0 Å². The van der Waals surface area contributed by atoms with Crippen LogP contribution in [0.3, 0.4) is 0 Å². The van der Waals surface area contributed by atoms with Gasteiger partial charge in [-0.15, -0.1) is 11.3 Å². The molecule has 29 heavy (non-hydrogen) atoms. The second-order valence-electron chi connectivity index (χ2n) is 8.02. The number of primary amides is 1. The zero-order valence-corrected chi connectivity index (χ0v) is 18.7. The first-order valence-electron chi connectivity index (χ1n) is 9.88. The number of hydrogen-bond donors (Lipinski definition) is 1. The molecule has 0 radical (unpaired) electrons. The SMILES string of the molecule is COc1c(Cl)sc(CC2CCC(C(c3ccc(F)cc3)N(C)C)CC2)c1C(N)=O. The van der Waals surface area contributed by atoms with Crippen LogP contribution in [0, 0.1) is 17.7 Å². The minimum Gasteiger partial charge on any atom is -0.493 e. The van der Waals surface area contributed by atoms with E-state index in [1.807, 2.05) is 12.1 Å². The third-order valence-electron chi connectivity index (χ3n) is 5.93. The Morgan fingerprint density at radius 2 is 1.90 bits per heavy atom. The molecule has 1 aromatic carbocycles. The van der Waals surface area contributed by atoms with Crippen molar-refractivity contribution in [3.63, 3.8) is 0 Å². The van der Waals surface area contributed by atoms with Gasteiger partial charge in [-0.1, -0.05) is 23.7 Å². The number of carbonyl (C=O) groups is 1. The number of rotatable bonds is 7. The van der Waals surface area contributed by atoms with E-state index in [1.54, 1.807) is 0 Å². The van der Waals surface area contributed by atoms with Crippen LogP contribution in [-0.4, -0.2) is 32.0 Å². The Hall–Kier alpha value is -1.63. The predicted octanol–water partition coefficient (Wildman–Crippen LogP) is 5.30. The number of thiophene rings is 1. The standard InChI is InChI=1S/C22H28ClFN2O2S/c1-26(2)19(15-8-10-16(24)11-9-15)14-6-4-13(5-7-14)12-17-18(22(25)27)20(28-3)21(23)29-17/h8-11,13-14,19H,4-7,12H2,1-3H3,(H2,25,27). The summed E-state index contributed by atoms with van der Waals surface area (Å²) in [5, 5.41) is 0. The van der Waals surface area contributed by atoms with Gasteiger partial charge in [0.25, 0.3) is 5.91 Å². The van der Waals surface area contributed by atoms with Crippen molar-refractivity contribution < 1.29 is 13.9 Å². The van der Waals surface area contributed by atoms with Gasteiger partial charge in [-0.05, 0) is 75.7 Å². The number of benzene rings is 1. The first-order valence-corrected chi connectivity index (χ1v) is 11.1. The number of hydrogen-bond acceptors (Lipinski definition) is 4. The number of nitrogens with two attached hydrogens (primary N) is 1. The third-order valence-corrected chi connectivity index (χ3v) is 7.31. The van der Waals surface area contributed by atoms with Gasteiger partial charge in [-0.2, -0.15) is 0 Å². The Labute approximate surface area is 180 Å². The van der Waals surface area contributed by atoms with Crippen LogP contribution in [0.5, 0.6) is 5.75 Å².